The summed E-state index contributed by atoms with van der Waals surface area (Å²) in [5, 5.41) is 6.47. The molecule has 1 aromatic carbocycles. The van der Waals surface area contributed by atoms with Gasteiger partial charge in [-0.2, -0.15) is 10.1 Å². The Morgan fingerprint density at radius 3 is 2.54 bits per heavy atom. The van der Waals surface area contributed by atoms with Crippen molar-refractivity contribution in [2.24, 2.45) is 26.6 Å². The smallest absolute Gasteiger partial charge is 0.238 e. The first kappa shape index (κ1) is 20.4. The zero-order valence-corrected chi connectivity index (χ0v) is 16.7. The number of hydrogen-bond donors (Lipinski definition) is 3. The van der Waals surface area contributed by atoms with Crippen molar-refractivity contribution in [3.63, 3.8) is 0 Å². The van der Waals surface area contributed by atoms with Crippen LogP contribution < -0.4 is 21.3 Å². The van der Waals surface area contributed by atoms with Crippen molar-refractivity contribution in [3.8, 4) is 5.75 Å². The monoisotopic (exact) mass is 448 g/mol. The van der Waals surface area contributed by atoms with Gasteiger partial charge in [0.1, 0.15) is 5.75 Å². The second-order valence-corrected chi connectivity index (χ2v) is 8.32. The average molecular weight is 449 g/mol. The average Bonchev–Trinajstić information content (AvgIpc) is 2.48. The Labute approximate surface area is 160 Å². The maximum atomic E-state index is 11.3. The first-order valence-electron chi connectivity index (χ1n) is 7.58. The minimum atomic E-state index is -3.76. The van der Waals surface area contributed by atoms with Gasteiger partial charge in [0.2, 0.25) is 21.9 Å². The number of ether oxygens (including phenoxy) is 1. The van der Waals surface area contributed by atoms with Crippen LogP contribution >= 0.6 is 15.9 Å². The van der Waals surface area contributed by atoms with Crippen LogP contribution in [0.5, 0.6) is 5.75 Å². The van der Waals surface area contributed by atoms with E-state index in [0.717, 1.165) is 0 Å². The Morgan fingerprint density at radius 2 is 1.96 bits per heavy atom. The minimum absolute atomic E-state index is 0.00183. The molecule has 1 heterocycles. The summed E-state index contributed by atoms with van der Waals surface area (Å²) < 4.78 is 28.7. The van der Waals surface area contributed by atoms with Crippen molar-refractivity contribution in [2.75, 3.05) is 13.2 Å². The summed E-state index contributed by atoms with van der Waals surface area (Å²) in [4.78, 5) is 13.7. The van der Waals surface area contributed by atoms with E-state index in [2.05, 4.69) is 25.9 Å². The summed E-state index contributed by atoms with van der Waals surface area (Å²) >= 11 is 3.26. The van der Waals surface area contributed by atoms with Gasteiger partial charge in [-0.15, -0.1) is 0 Å². The van der Waals surface area contributed by atoms with Gasteiger partial charge >= 0.3 is 0 Å². The molecule has 6 N–H and O–H groups in total. The van der Waals surface area contributed by atoms with Crippen LogP contribution in [0, 0.1) is 0 Å². The summed E-state index contributed by atoms with van der Waals surface area (Å²) in [7, 11) is -3.76. The van der Waals surface area contributed by atoms with E-state index in [9.17, 15) is 8.42 Å². The van der Waals surface area contributed by atoms with Gasteiger partial charge < -0.3 is 16.2 Å². The van der Waals surface area contributed by atoms with Crippen molar-refractivity contribution < 1.29 is 18.0 Å². The molecule has 0 amide bonds. The molecule has 0 aromatic heterocycles. The molecule has 0 aliphatic carbocycles. The molecule has 10 nitrogen and oxygen atoms in total. The van der Waals surface area contributed by atoms with Crippen LogP contribution in [0.25, 0.3) is 0 Å². The van der Waals surface area contributed by atoms with Crippen LogP contribution in [-0.4, -0.2) is 44.3 Å². The number of benzene rings is 1. The van der Waals surface area contributed by atoms with Crippen molar-refractivity contribution >= 4 is 37.9 Å². The van der Waals surface area contributed by atoms with Gasteiger partial charge in [0, 0.05) is 6.42 Å². The molecule has 0 atom stereocenters. The lowest BCUT2D eigenvalue weighted by Crippen LogP contribution is -2.53. The number of halogens is 1. The normalized spacial score (nSPS) is 16.8. The molecule has 0 saturated heterocycles. The third-order valence-corrected chi connectivity index (χ3v) is 4.85. The van der Waals surface area contributed by atoms with Gasteiger partial charge in [-0.25, -0.2) is 18.5 Å². The van der Waals surface area contributed by atoms with Gasteiger partial charge in [-0.05, 0) is 48.0 Å². The fourth-order valence-electron chi connectivity index (χ4n) is 2.19. The number of hydroxylamine groups is 2. The highest BCUT2D eigenvalue weighted by Crippen LogP contribution is 2.27. The number of nitrogens with zero attached hydrogens (tertiary/aromatic N) is 3. The molecule has 0 bridgehead atoms. The van der Waals surface area contributed by atoms with Crippen LogP contribution in [0.15, 0.2) is 37.6 Å². The fraction of sp³-hybridized carbons (Fsp3) is 0.429. The lowest BCUT2D eigenvalue weighted by atomic mass is 10.2. The highest BCUT2D eigenvalue weighted by atomic mass is 79.9. The summed E-state index contributed by atoms with van der Waals surface area (Å²) in [6, 6.07) is 4.29. The van der Waals surface area contributed by atoms with Gasteiger partial charge in [0.15, 0.2) is 5.66 Å². The second-order valence-electron chi connectivity index (χ2n) is 5.90. The topological polar surface area (TPSA) is 159 Å². The number of primary sulfonamides is 1. The molecule has 12 heteroatoms. The Kier molecular flexibility index (Phi) is 6.11. The number of sulfonamides is 1. The molecule has 0 saturated carbocycles. The van der Waals surface area contributed by atoms with Crippen molar-refractivity contribution in [3.05, 3.63) is 22.7 Å². The quantitative estimate of drug-likeness (QED) is 0.511. The van der Waals surface area contributed by atoms with E-state index in [1.54, 1.807) is 13.8 Å². The van der Waals surface area contributed by atoms with E-state index >= 15 is 0 Å². The molecule has 2 rings (SSSR count). The zero-order valence-electron chi connectivity index (χ0n) is 14.3. The maximum Gasteiger partial charge on any atom is 0.238 e. The number of aliphatic imine (C=N–C) groups is 2. The van der Waals surface area contributed by atoms with Crippen LogP contribution in [0.4, 0.5) is 0 Å². The number of rotatable bonds is 7. The minimum Gasteiger partial charge on any atom is -0.492 e. The van der Waals surface area contributed by atoms with E-state index in [1.165, 1.54) is 23.3 Å². The molecule has 0 radical (unpaired) electrons. The number of guanidine groups is 2. The lowest BCUT2D eigenvalue weighted by Gasteiger charge is -2.36. The third-order valence-electron chi connectivity index (χ3n) is 3.32. The molecule has 144 valence electrons. The maximum absolute atomic E-state index is 11.3. The summed E-state index contributed by atoms with van der Waals surface area (Å²) in [5.41, 5.74) is 10.6. The van der Waals surface area contributed by atoms with Crippen LogP contribution in [0.2, 0.25) is 0 Å². The summed E-state index contributed by atoms with van der Waals surface area (Å²) in [6.07, 6.45) is 0.544. The number of nitrogens with two attached hydrogens (primary N) is 3. The van der Waals surface area contributed by atoms with Crippen molar-refractivity contribution in [2.45, 2.75) is 30.8 Å². The molecular weight excluding hydrogens is 428 g/mol. The predicted molar refractivity (Wildman–Crippen MR) is 101 cm³/mol. The molecule has 0 spiro atoms. The molecule has 0 unspecified atom stereocenters. The standard InChI is InChI=1S/C14H21BrN6O4S/c1-14(2)20-12(16)19-13(17)21(14)25-7-3-6-24-11-5-4-9(8-10(11)15)26(18,22)23/h4-5,8H,3,6-7H2,1-2H3,(H2,18,22,23)(H4,16,17,19,20). The van der Waals surface area contributed by atoms with Crippen LogP contribution in [0.1, 0.15) is 20.3 Å². The summed E-state index contributed by atoms with van der Waals surface area (Å²) in [6.45, 7) is 4.23. The van der Waals surface area contributed by atoms with Gasteiger partial charge in [-0.3, -0.25) is 4.84 Å². The Bertz CT molecular complexity index is 840. The Hall–Kier alpha value is -1.89. The summed E-state index contributed by atoms with van der Waals surface area (Å²) in [5.74, 6) is 0.724. The third kappa shape index (κ3) is 5.06. The second kappa shape index (κ2) is 7.78. The van der Waals surface area contributed by atoms with E-state index in [0.29, 0.717) is 29.9 Å². The van der Waals surface area contributed by atoms with Crippen molar-refractivity contribution in [1.29, 1.82) is 0 Å². The van der Waals surface area contributed by atoms with E-state index in [-0.39, 0.29) is 16.8 Å². The van der Waals surface area contributed by atoms with E-state index in [4.69, 9.17) is 26.2 Å². The highest BCUT2D eigenvalue weighted by Gasteiger charge is 2.32. The lowest BCUT2D eigenvalue weighted by molar-refractivity contribution is -0.158. The first-order chi connectivity index (χ1) is 12.0. The van der Waals surface area contributed by atoms with Gasteiger partial charge in [0.25, 0.3) is 0 Å². The van der Waals surface area contributed by atoms with Gasteiger partial charge in [-0.1, -0.05) is 0 Å². The molecule has 0 fully saturated rings. The van der Waals surface area contributed by atoms with Crippen LogP contribution in [-0.2, 0) is 14.9 Å². The Morgan fingerprint density at radius 1 is 1.27 bits per heavy atom. The van der Waals surface area contributed by atoms with E-state index < -0.39 is 15.7 Å². The first-order valence-corrected chi connectivity index (χ1v) is 9.92. The molecule has 1 aliphatic rings. The zero-order chi connectivity index (χ0) is 19.5. The largest absolute Gasteiger partial charge is 0.492 e. The molecule has 1 aromatic rings. The van der Waals surface area contributed by atoms with E-state index in [1.807, 2.05) is 0 Å². The highest BCUT2D eigenvalue weighted by molar-refractivity contribution is 9.10. The molecule has 26 heavy (non-hydrogen) atoms. The molecular formula is C14H21BrN6O4S. The predicted octanol–water partition coefficient (Wildman–Crippen LogP) is 0.478. The van der Waals surface area contributed by atoms with Gasteiger partial charge in [0.05, 0.1) is 22.6 Å². The van der Waals surface area contributed by atoms with Crippen LogP contribution in [0.3, 0.4) is 0 Å². The Balaban J connectivity index is 1.84. The van der Waals surface area contributed by atoms with Crippen molar-refractivity contribution in [1.82, 2.24) is 5.06 Å². The SMILES string of the molecule is CC1(C)N=C(N)N=C(N)N1OCCCOc1ccc(S(N)(=O)=O)cc1Br. The fourth-order valence-corrected chi connectivity index (χ4v) is 3.38. The number of hydrogen-bond acceptors (Lipinski definition) is 9. The molecule has 1 aliphatic heterocycles.